The molecular formula is C17H22N6S. The van der Waals surface area contributed by atoms with Gasteiger partial charge in [-0.15, -0.1) is 11.3 Å². The second kappa shape index (κ2) is 7.00. The predicted octanol–water partition coefficient (Wildman–Crippen LogP) is 2.58. The van der Waals surface area contributed by atoms with Crippen LogP contribution >= 0.6 is 11.3 Å². The van der Waals surface area contributed by atoms with E-state index >= 15 is 0 Å². The van der Waals surface area contributed by atoms with Gasteiger partial charge in [-0.25, -0.2) is 9.97 Å². The van der Waals surface area contributed by atoms with E-state index in [0.717, 1.165) is 28.0 Å². The molecule has 126 valence electrons. The fourth-order valence-corrected chi connectivity index (χ4v) is 3.33. The quantitative estimate of drug-likeness (QED) is 0.565. The van der Waals surface area contributed by atoms with Gasteiger partial charge in [0.25, 0.3) is 0 Å². The predicted molar refractivity (Wildman–Crippen MR) is 98.6 cm³/mol. The molecule has 0 amide bonds. The summed E-state index contributed by atoms with van der Waals surface area (Å²) in [5.41, 5.74) is 4.21. The lowest BCUT2D eigenvalue weighted by molar-refractivity contribution is 0.793. The minimum Gasteiger partial charge on any atom is -0.351 e. The third-order valence-corrected chi connectivity index (χ3v) is 4.96. The van der Waals surface area contributed by atoms with Gasteiger partial charge in [-0.3, -0.25) is 4.99 Å². The first-order chi connectivity index (χ1) is 11.6. The van der Waals surface area contributed by atoms with Crippen LogP contribution in [0.1, 0.15) is 27.0 Å². The van der Waals surface area contributed by atoms with Gasteiger partial charge in [-0.1, -0.05) is 6.07 Å². The van der Waals surface area contributed by atoms with Crippen molar-refractivity contribution in [1.29, 1.82) is 0 Å². The Morgan fingerprint density at radius 2 is 1.96 bits per heavy atom. The van der Waals surface area contributed by atoms with Crippen LogP contribution in [-0.2, 0) is 13.1 Å². The molecule has 3 heterocycles. The average molecular weight is 342 g/mol. The third kappa shape index (κ3) is 3.56. The van der Waals surface area contributed by atoms with E-state index in [1.807, 2.05) is 19.1 Å². The van der Waals surface area contributed by atoms with Crippen molar-refractivity contribution in [1.82, 2.24) is 25.0 Å². The van der Waals surface area contributed by atoms with Gasteiger partial charge in [-0.2, -0.15) is 0 Å². The minimum absolute atomic E-state index is 0.622. The molecule has 24 heavy (non-hydrogen) atoms. The molecule has 6 nitrogen and oxygen atoms in total. The molecule has 0 aliphatic rings. The fraction of sp³-hybridized carbons (Fsp3) is 0.353. The van der Waals surface area contributed by atoms with E-state index in [0.29, 0.717) is 13.1 Å². The number of aromatic nitrogens is 3. The van der Waals surface area contributed by atoms with E-state index in [2.05, 4.69) is 56.1 Å². The Bertz CT molecular complexity index is 857. The van der Waals surface area contributed by atoms with Gasteiger partial charge in [0.15, 0.2) is 5.96 Å². The van der Waals surface area contributed by atoms with E-state index in [1.165, 1.54) is 10.6 Å². The first-order valence-corrected chi connectivity index (χ1v) is 8.69. The van der Waals surface area contributed by atoms with E-state index in [-0.39, 0.29) is 0 Å². The summed E-state index contributed by atoms with van der Waals surface area (Å²) in [5, 5.41) is 7.66. The number of hydrogen-bond donors (Lipinski definition) is 2. The lowest BCUT2D eigenvalue weighted by Gasteiger charge is -2.09. The summed E-state index contributed by atoms with van der Waals surface area (Å²) < 4.78 is 2.09. The number of hydrogen-bond acceptors (Lipinski definition) is 4. The molecule has 7 heteroatoms. The average Bonchev–Trinajstić information content (AvgIpc) is 3.12. The Labute approximate surface area is 145 Å². The third-order valence-electron chi connectivity index (χ3n) is 3.89. The number of rotatable bonds is 4. The van der Waals surface area contributed by atoms with Crippen LogP contribution in [0.25, 0.3) is 5.65 Å². The van der Waals surface area contributed by atoms with Gasteiger partial charge in [-0.05, 0) is 32.9 Å². The zero-order chi connectivity index (χ0) is 17.1. The molecular weight excluding hydrogens is 320 g/mol. The number of nitrogens with zero attached hydrogens (tertiary/aromatic N) is 4. The lowest BCUT2D eigenvalue weighted by Crippen LogP contribution is -2.36. The van der Waals surface area contributed by atoms with Crippen molar-refractivity contribution < 1.29 is 0 Å². The van der Waals surface area contributed by atoms with Crippen molar-refractivity contribution in [3.05, 3.63) is 51.4 Å². The van der Waals surface area contributed by atoms with Crippen molar-refractivity contribution in [3.63, 3.8) is 0 Å². The Balaban J connectivity index is 1.60. The molecule has 0 atom stereocenters. The number of imidazole rings is 1. The van der Waals surface area contributed by atoms with E-state index < -0.39 is 0 Å². The van der Waals surface area contributed by atoms with Crippen LogP contribution in [-0.4, -0.2) is 27.4 Å². The number of thiazole rings is 1. The molecule has 0 unspecified atom stereocenters. The summed E-state index contributed by atoms with van der Waals surface area (Å²) >= 11 is 1.71. The fourth-order valence-electron chi connectivity index (χ4n) is 2.45. The van der Waals surface area contributed by atoms with Gasteiger partial charge in [0.2, 0.25) is 0 Å². The number of guanidine groups is 1. The Hall–Kier alpha value is -2.41. The lowest BCUT2D eigenvalue weighted by atomic mass is 10.4. The highest BCUT2D eigenvalue weighted by Gasteiger charge is 2.06. The SMILES string of the molecule is CN=C(NCc1cn2c(C)cccc2n1)NCc1nc(C)c(C)s1. The van der Waals surface area contributed by atoms with Crippen molar-refractivity contribution in [2.24, 2.45) is 4.99 Å². The van der Waals surface area contributed by atoms with Gasteiger partial charge in [0.05, 0.1) is 24.5 Å². The summed E-state index contributed by atoms with van der Waals surface area (Å²) in [6.45, 7) is 7.49. The van der Waals surface area contributed by atoms with E-state index in [9.17, 15) is 0 Å². The highest BCUT2D eigenvalue weighted by atomic mass is 32.1. The standard InChI is InChI=1S/C17H22N6S/c1-11-6-5-7-15-22-14(10-23(11)15)8-19-17(18-4)20-9-16-21-12(2)13(3)24-16/h5-7,10H,8-9H2,1-4H3,(H2,18,19,20). The van der Waals surface area contributed by atoms with E-state index in [4.69, 9.17) is 0 Å². The van der Waals surface area contributed by atoms with Crippen LogP contribution in [0.15, 0.2) is 29.4 Å². The molecule has 0 aromatic carbocycles. The number of pyridine rings is 1. The first kappa shape index (κ1) is 16.4. The van der Waals surface area contributed by atoms with Crippen LogP contribution in [0.5, 0.6) is 0 Å². The molecule has 0 aliphatic heterocycles. The van der Waals surface area contributed by atoms with Crippen LogP contribution in [0.4, 0.5) is 0 Å². The van der Waals surface area contributed by atoms with Gasteiger partial charge >= 0.3 is 0 Å². The summed E-state index contributed by atoms with van der Waals surface area (Å²) in [6, 6.07) is 6.11. The van der Waals surface area contributed by atoms with Crippen LogP contribution in [0.3, 0.4) is 0 Å². The van der Waals surface area contributed by atoms with Gasteiger partial charge in [0, 0.05) is 23.8 Å². The maximum absolute atomic E-state index is 4.62. The summed E-state index contributed by atoms with van der Waals surface area (Å²) in [7, 11) is 1.77. The van der Waals surface area contributed by atoms with Crippen molar-refractivity contribution >= 4 is 22.9 Å². The molecule has 2 N–H and O–H groups in total. The summed E-state index contributed by atoms with van der Waals surface area (Å²) in [4.78, 5) is 14.7. The molecule has 0 saturated carbocycles. The van der Waals surface area contributed by atoms with Crippen LogP contribution in [0, 0.1) is 20.8 Å². The largest absolute Gasteiger partial charge is 0.351 e. The van der Waals surface area contributed by atoms with Crippen molar-refractivity contribution in [2.45, 2.75) is 33.9 Å². The molecule has 3 aromatic rings. The Morgan fingerprint density at radius 3 is 2.62 bits per heavy atom. The smallest absolute Gasteiger partial charge is 0.191 e. The summed E-state index contributed by atoms with van der Waals surface area (Å²) in [6.07, 6.45) is 2.05. The molecule has 0 saturated heterocycles. The molecule has 0 spiro atoms. The van der Waals surface area contributed by atoms with Crippen LogP contribution < -0.4 is 10.6 Å². The molecule has 0 fully saturated rings. The highest BCUT2D eigenvalue weighted by Crippen LogP contribution is 2.15. The highest BCUT2D eigenvalue weighted by molar-refractivity contribution is 7.11. The maximum atomic E-state index is 4.62. The first-order valence-electron chi connectivity index (χ1n) is 7.88. The van der Waals surface area contributed by atoms with Crippen molar-refractivity contribution in [2.75, 3.05) is 7.05 Å². The molecule has 3 aromatic heterocycles. The second-order valence-corrected chi connectivity index (χ2v) is 6.94. The molecule has 0 radical (unpaired) electrons. The monoisotopic (exact) mass is 342 g/mol. The second-order valence-electron chi connectivity index (χ2n) is 5.66. The topological polar surface area (TPSA) is 66.6 Å². The number of aryl methyl sites for hydroxylation is 3. The zero-order valence-electron chi connectivity index (χ0n) is 14.4. The normalized spacial score (nSPS) is 11.9. The van der Waals surface area contributed by atoms with Gasteiger partial charge in [0.1, 0.15) is 10.7 Å². The number of fused-ring (bicyclic) bond motifs is 1. The maximum Gasteiger partial charge on any atom is 0.191 e. The summed E-state index contributed by atoms with van der Waals surface area (Å²) in [5.74, 6) is 0.745. The number of aliphatic imine (C=N–C) groups is 1. The van der Waals surface area contributed by atoms with Gasteiger partial charge < -0.3 is 15.0 Å². The zero-order valence-corrected chi connectivity index (χ0v) is 15.2. The van der Waals surface area contributed by atoms with Crippen LogP contribution in [0.2, 0.25) is 0 Å². The molecule has 3 rings (SSSR count). The minimum atomic E-state index is 0.622. The van der Waals surface area contributed by atoms with Crippen molar-refractivity contribution in [3.8, 4) is 0 Å². The number of nitrogens with one attached hydrogen (secondary N) is 2. The Kier molecular flexibility index (Phi) is 4.80. The molecule has 0 aliphatic carbocycles. The Morgan fingerprint density at radius 1 is 1.17 bits per heavy atom. The van der Waals surface area contributed by atoms with E-state index in [1.54, 1.807) is 18.4 Å². The molecule has 0 bridgehead atoms.